The second-order valence-corrected chi connectivity index (χ2v) is 4.23. The van der Waals surface area contributed by atoms with E-state index in [1.54, 1.807) is 12.1 Å². The van der Waals surface area contributed by atoms with Crippen LogP contribution in [0.2, 0.25) is 0 Å². The molecule has 6 heteroatoms. The van der Waals surface area contributed by atoms with Gasteiger partial charge in [-0.1, -0.05) is 12.1 Å². The fraction of sp³-hybridized carbons (Fsp3) is 0.500. The number of benzene rings is 1. The zero-order chi connectivity index (χ0) is 13.0. The number of hydrogen-bond donors (Lipinski definition) is 3. The minimum Gasteiger partial charge on any atom is -0.394 e. The van der Waals surface area contributed by atoms with Crippen LogP contribution < -0.4 is 5.23 Å². The van der Waals surface area contributed by atoms with E-state index < -0.39 is 12.7 Å². The van der Waals surface area contributed by atoms with Gasteiger partial charge < -0.3 is 14.9 Å². The highest BCUT2D eigenvalue weighted by Crippen LogP contribution is 2.19. The Morgan fingerprint density at radius 2 is 2.06 bits per heavy atom. The molecule has 2 unspecified atom stereocenters. The molecule has 1 aromatic rings. The maximum absolute atomic E-state index is 9.54. The Morgan fingerprint density at radius 3 is 2.61 bits per heavy atom. The molecule has 1 aliphatic rings. The number of aliphatic hydroxyl groups excluding tert-OH is 2. The number of hydrogen-bond acceptors (Lipinski definition) is 6. The van der Waals surface area contributed by atoms with Crippen LogP contribution in [-0.2, 0) is 16.0 Å². The van der Waals surface area contributed by atoms with Crippen LogP contribution in [-0.4, -0.2) is 47.4 Å². The van der Waals surface area contributed by atoms with Gasteiger partial charge in [-0.3, -0.25) is 5.21 Å². The molecule has 1 aromatic carbocycles. The number of ether oxygens (including phenoxy) is 1. The second kappa shape index (κ2) is 6.12. The molecule has 0 aromatic heterocycles. The molecule has 2 atom stereocenters. The molecule has 0 spiro atoms. The summed E-state index contributed by atoms with van der Waals surface area (Å²) < 4.78 is 5.13. The van der Waals surface area contributed by atoms with Crippen LogP contribution in [0.3, 0.4) is 0 Å². The molecule has 0 radical (unpaired) electrons. The topological polar surface area (TPSA) is 85.7 Å². The van der Waals surface area contributed by atoms with E-state index in [1.165, 1.54) is 0 Å². The third-order valence-electron chi connectivity index (χ3n) is 2.62. The van der Waals surface area contributed by atoms with E-state index in [9.17, 15) is 5.21 Å². The molecule has 1 fully saturated rings. The summed E-state index contributed by atoms with van der Waals surface area (Å²) in [5, 5.41) is 27.8. The molecule has 0 saturated carbocycles. The molecule has 1 heterocycles. The summed E-state index contributed by atoms with van der Waals surface area (Å²) in [5.41, 5.74) is 1.59. The molecule has 3 N–H and O–H groups in total. The summed E-state index contributed by atoms with van der Waals surface area (Å²) in [6.07, 6.45) is 0.193. The first-order valence-electron chi connectivity index (χ1n) is 5.80. The fourth-order valence-electron chi connectivity index (χ4n) is 1.49. The molecule has 1 aliphatic heterocycles. The highest BCUT2D eigenvalue weighted by Gasteiger charge is 2.22. The maximum atomic E-state index is 9.54. The van der Waals surface area contributed by atoms with Gasteiger partial charge in [0.2, 0.25) is 0 Å². The normalized spacial score (nSPS) is 19.6. The lowest BCUT2D eigenvalue weighted by molar-refractivity contribution is -0.0810. The van der Waals surface area contributed by atoms with Crippen molar-refractivity contribution >= 4 is 5.69 Å². The maximum Gasteiger partial charge on any atom is 0.106 e. The van der Waals surface area contributed by atoms with Gasteiger partial charge in [-0.25, -0.2) is 4.84 Å². The van der Waals surface area contributed by atoms with Crippen LogP contribution in [0.15, 0.2) is 24.3 Å². The highest BCUT2D eigenvalue weighted by atomic mass is 16.9. The van der Waals surface area contributed by atoms with Gasteiger partial charge in [-0.15, -0.1) is 5.23 Å². The van der Waals surface area contributed by atoms with Crippen LogP contribution in [0, 0.1) is 0 Å². The summed E-state index contributed by atoms with van der Waals surface area (Å²) in [6.45, 7) is 0.231. The summed E-state index contributed by atoms with van der Waals surface area (Å²) in [6, 6.07) is 7.18. The Balaban J connectivity index is 1.83. The average molecular weight is 255 g/mol. The van der Waals surface area contributed by atoms with E-state index in [2.05, 4.69) is 0 Å². The molecule has 6 nitrogen and oxygen atoms in total. The summed E-state index contributed by atoms with van der Waals surface area (Å²) in [4.78, 5) is 4.87. The lowest BCUT2D eigenvalue weighted by Crippen LogP contribution is -2.27. The van der Waals surface area contributed by atoms with Crippen molar-refractivity contribution in [2.24, 2.45) is 0 Å². The van der Waals surface area contributed by atoms with E-state index >= 15 is 0 Å². The Bertz CT molecular complexity index is 365. The third-order valence-corrected chi connectivity index (χ3v) is 2.62. The van der Waals surface area contributed by atoms with Gasteiger partial charge >= 0.3 is 0 Å². The van der Waals surface area contributed by atoms with E-state index in [4.69, 9.17) is 19.8 Å². The third kappa shape index (κ3) is 3.94. The second-order valence-electron chi connectivity index (χ2n) is 4.23. The van der Waals surface area contributed by atoms with Crippen molar-refractivity contribution in [1.82, 2.24) is 0 Å². The molecule has 1 saturated heterocycles. The quantitative estimate of drug-likeness (QED) is 0.473. The summed E-state index contributed by atoms with van der Waals surface area (Å²) in [5.74, 6) is 0. The summed E-state index contributed by atoms with van der Waals surface area (Å²) in [7, 11) is 0. The van der Waals surface area contributed by atoms with Crippen LogP contribution >= 0.6 is 0 Å². The zero-order valence-corrected chi connectivity index (χ0v) is 9.90. The van der Waals surface area contributed by atoms with Crippen molar-refractivity contribution in [2.75, 3.05) is 25.0 Å². The Hall–Kier alpha value is -1.18. The first-order chi connectivity index (χ1) is 8.69. The molecule has 0 amide bonds. The van der Waals surface area contributed by atoms with Crippen molar-refractivity contribution in [3.63, 3.8) is 0 Å². The number of anilines is 1. The van der Waals surface area contributed by atoms with Gasteiger partial charge in [0.05, 0.1) is 25.0 Å². The number of nitrogens with zero attached hydrogens (tertiary/aromatic N) is 1. The van der Waals surface area contributed by atoms with Gasteiger partial charge in [0.25, 0.3) is 0 Å². The molecular formula is C12H17NO5. The van der Waals surface area contributed by atoms with E-state index in [1.807, 2.05) is 12.1 Å². The first-order valence-corrected chi connectivity index (χ1v) is 5.80. The van der Waals surface area contributed by atoms with Crippen LogP contribution in [0.25, 0.3) is 0 Å². The number of epoxide rings is 1. The lowest BCUT2D eigenvalue weighted by atomic mass is 10.1. The average Bonchev–Trinajstić information content (AvgIpc) is 3.20. The van der Waals surface area contributed by atoms with E-state index in [-0.39, 0.29) is 6.61 Å². The van der Waals surface area contributed by atoms with Crippen molar-refractivity contribution in [1.29, 1.82) is 0 Å². The Labute approximate surface area is 105 Å². The largest absolute Gasteiger partial charge is 0.394 e. The smallest absolute Gasteiger partial charge is 0.106 e. The molecule has 2 rings (SSSR count). The predicted octanol–water partition coefficient (Wildman–Crippen LogP) is 0.108. The molecule has 0 bridgehead atoms. The van der Waals surface area contributed by atoms with Gasteiger partial charge in [0, 0.05) is 6.42 Å². The van der Waals surface area contributed by atoms with Gasteiger partial charge in [0.1, 0.15) is 12.7 Å². The monoisotopic (exact) mass is 255 g/mol. The Kier molecular flexibility index (Phi) is 4.51. The van der Waals surface area contributed by atoms with Crippen molar-refractivity contribution in [3.8, 4) is 0 Å². The number of rotatable bonds is 7. The van der Waals surface area contributed by atoms with Crippen LogP contribution in [0.1, 0.15) is 5.56 Å². The fourth-order valence-corrected chi connectivity index (χ4v) is 1.49. The lowest BCUT2D eigenvalue weighted by Gasteiger charge is -2.17. The Morgan fingerprint density at radius 1 is 1.39 bits per heavy atom. The summed E-state index contributed by atoms with van der Waals surface area (Å²) >= 11 is 0. The van der Waals surface area contributed by atoms with Gasteiger partial charge in [-0.05, 0) is 17.7 Å². The minimum absolute atomic E-state index is 0.176. The zero-order valence-electron chi connectivity index (χ0n) is 9.90. The standard InChI is InChI=1S/C12H17NO5/c14-6-11(15)7-18-13(16)10-3-1-9(2-4-10)5-12-8-17-12/h1-4,11-12,14-16H,5-8H2. The van der Waals surface area contributed by atoms with Gasteiger partial charge in [-0.2, -0.15) is 0 Å². The van der Waals surface area contributed by atoms with E-state index in [0.717, 1.165) is 18.6 Å². The number of aliphatic hydroxyl groups is 2. The van der Waals surface area contributed by atoms with Crippen molar-refractivity contribution in [2.45, 2.75) is 18.6 Å². The van der Waals surface area contributed by atoms with Crippen molar-refractivity contribution in [3.05, 3.63) is 29.8 Å². The van der Waals surface area contributed by atoms with Crippen molar-refractivity contribution < 1.29 is 25.0 Å². The van der Waals surface area contributed by atoms with Crippen LogP contribution in [0.4, 0.5) is 5.69 Å². The predicted molar refractivity (Wildman–Crippen MR) is 63.2 cm³/mol. The molecule has 0 aliphatic carbocycles. The van der Waals surface area contributed by atoms with Gasteiger partial charge in [0.15, 0.2) is 0 Å². The molecular weight excluding hydrogens is 238 g/mol. The first kappa shape index (κ1) is 13.3. The van der Waals surface area contributed by atoms with Crippen LogP contribution in [0.5, 0.6) is 0 Å². The minimum atomic E-state index is -1.01. The molecule has 100 valence electrons. The van der Waals surface area contributed by atoms with E-state index in [0.29, 0.717) is 17.0 Å². The SMILES string of the molecule is OCC(O)CON(O)c1ccc(CC2CO2)cc1. The highest BCUT2D eigenvalue weighted by molar-refractivity contribution is 5.43. The molecule has 18 heavy (non-hydrogen) atoms.